The Bertz CT molecular complexity index is 913. The topological polar surface area (TPSA) is 46.2 Å². The van der Waals surface area contributed by atoms with Crippen LogP contribution in [0.15, 0.2) is 41.3 Å². The normalized spacial score (nSPS) is 23.9. The Morgan fingerprint density at radius 2 is 2.00 bits per heavy atom. The van der Waals surface area contributed by atoms with Crippen molar-refractivity contribution in [2.75, 3.05) is 12.3 Å². The fraction of sp³-hybridized carbons (Fsp3) is 0.333. The molecular formula is C18H17ClFNO2S. The molecule has 2 atom stereocenters. The van der Waals surface area contributed by atoms with Crippen LogP contribution in [0.3, 0.4) is 0 Å². The van der Waals surface area contributed by atoms with E-state index in [9.17, 15) is 12.8 Å². The second kappa shape index (κ2) is 5.83. The highest BCUT2D eigenvalue weighted by atomic mass is 35.5. The molecule has 1 aliphatic carbocycles. The maximum absolute atomic E-state index is 13.6. The Morgan fingerprint density at radius 1 is 1.21 bits per heavy atom. The Hall–Kier alpha value is -1.43. The number of halogens is 2. The lowest BCUT2D eigenvalue weighted by Crippen LogP contribution is -2.26. The molecule has 1 aliphatic heterocycles. The summed E-state index contributed by atoms with van der Waals surface area (Å²) in [6.45, 7) is 0.579. The van der Waals surface area contributed by atoms with Gasteiger partial charge < -0.3 is 5.32 Å². The minimum absolute atomic E-state index is 0.0498. The van der Waals surface area contributed by atoms with E-state index < -0.39 is 9.84 Å². The Morgan fingerprint density at radius 3 is 2.83 bits per heavy atom. The third kappa shape index (κ3) is 2.65. The van der Waals surface area contributed by atoms with Gasteiger partial charge in [0.25, 0.3) is 0 Å². The second-order valence-corrected chi connectivity index (χ2v) is 8.89. The van der Waals surface area contributed by atoms with Crippen molar-refractivity contribution in [3.8, 4) is 0 Å². The Labute approximate surface area is 145 Å². The molecule has 3 nitrogen and oxygen atoms in total. The number of fused-ring (bicyclic) bond motifs is 2. The summed E-state index contributed by atoms with van der Waals surface area (Å²) < 4.78 is 38.1. The van der Waals surface area contributed by atoms with E-state index >= 15 is 0 Å². The van der Waals surface area contributed by atoms with Gasteiger partial charge in [-0.2, -0.15) is 0 Å². The van der Waals surface area contributed by atoms with Crippen molar-refractivity contribution in [3.63, 3.8) is 0 Å². The third-order valence-corrected chi connectivity index (χ3v) is 7.16. The van der Waals surface area contributed by atoms with Gasteiger partial charge in [-0.25, -0.2) is 12.8 Å². The van der Waals surface area contributed by atoms with Gasteiger partial charge in [0.2, 0.25) is 0 Å². The van der Waals surface area contributed by atoms with Crippen LogP contribution in [-0.4, -0.2) is 20.7 Å². The lowest BCUT2D eigenvalue weighted by molar-refractivity contribution is 0.505. The van der Waals surface area contributed by atoms with Gasteiger partial charge >= 0.3 is 0 Å². The van der Waals surface area contributed by atoms with Crippen molar-refractivity contribution < 1.29 is 12.8 Å². The molecule has 126 valence electrons. The van der Waals surface area contributed by atoms with E-state index in [1.165, 1.54) is 6.07 Å². The van der Waals surface area contributed by atoms with Crippen LogP contribution < -0.4 is 5.32 Å². The number of rotatable bonds is 3. The fourth-order valence-corrected chi connectivity index (χ4v) is 5.87. The molecule has 0 spiro atoms. The van der Waals surface area contributed by atoms with E-state index in [0.29, 0.717) is 11.4 Å². The summed E-state index contributed by atoms with van der Waals surface area (Å²) in [7, 11) is -3.18. The van der Waals surface area contributed by atoms with Gasteiger partial charge in [0.1, 0.15) is 5.82 Å². The molecular weight excluding hydrogens is 349 g/mol. The summed E-state index contributed by atoms with van der Waals surface area (Å²) in [4.78, 5) is 0.453. The fourth-order valence-electron chi connectivity index (χ4n) is 3.81. The zero-order valence-electron chi connectivity index (χ0n) is 12.9. The first-order chi connectivity index (χ1) is 11.5. The van der Waals surface area contributed by atoms with E-state index in [4.69, 9.17) is 11.6 Å². The third-order valence-electron chi connectivity index (χ3n) is 4.99. The van der Waals surface area contributed by atoms with Crippen molar-refractivity contribution in [1.29, 1.82) is 0 Å². The maximum Gasteiger partial charge on any atom is 0.179 e. The van der Waals surface area contributed by atoms with Crippen LogP contribution in [0.1, 0.15) is 35.1 Å². The molecule has 0 saturated heterocycles. The average molecular weight is 366 g/mol. The van der Waals surface area contributed by atoms with Crippen molar-refractivity contribution in [2.45, 2.75) is 29.7 Å². The van der Waals surface area contributed by atoms with Gasteiger partial charge in [-0.15, -0.1) is 0 Å². The number of hydrogen-bond acceptors (Lipinski definition) is 3. The van der Waals surface area contributed by atoms with E-state index in [-0.39, 0.29) is 28.6 Å². The van der Waals surface area contributed by atoms with E-state index in [1.807, 2.05) is 12.1 Å². The predicted molar refractivity (Wildman–Crippen MR) is 91.7 cm³/mol. The highest BCUT2D eigenvalue weighted by Crippen LogP contribution is 2.37. The molecule has 2 aromatic rings. The average Bonchev–Trinajstić information content (AvgIpc) is 3.05. The van der Waals surface area contributed by atoms with E-state index in [2.05, 4.69) is 5.32 Å². The number of aryl methyl sites for hydroxylation is 1. The van der Waals surface area contributed by atoms with E-state index in [0.717, 1.165) is 29.5 Å². The van der Waals surface area contributed by atoms with Crippen LogP contribution >= 0.6 is 11.6 Å². The SMILES string of the molecule is O=S1(=O)CC(CNC2CCc3cc(F)c(Cl)cc32)c2ccccc21. The monoisotopic (exact) mass is 365 g/mol. The molecule has 0 radical (unpaired) electrons. The molecule has 0 aromatic heterocycles. The molecule has 2 aliphatic rings. The second-order valence-electron chi connectivity index (χ2n) is 6.48. The molecule has 0 bridgehead atoms. The highest BCUT2D eigenvalue weighted by Gasteiger charge is 2.35. The molecule has 6 heteroatoms. The summed E-state index contributed by atoms with van der Waals surface area (Å²) in [6.07, 6.45) is 1.68. The smallest absolute Gasteiger partial charge is 0.179 e. The van der Waals surface area contributed by atoms with Gasteiger partial charge in [-0.05, 0) is 47.7 Å². The highest BCUT2D eigenvalue weighted by molar-refractivity contribution is 7.91. The van der Waals surface area contributed by atoms with Gasteiger partial charge in [0.05, 0.1) is 15.7 Å². The molecule has 0 amide bonds. The number of sulfone groups is 1. The first kappa shape index (κ1) is 16.1. The van der Waals surface area contributed by atoms with Crippen LogP contribution in [0.5, 0.6) is 0 Å². The van der Waals surface area contributed by atoms with Crippen LogP contribution in [0.2, 0.25) is 5.02 Å². The van der Waals surface area contributed by atoms with Gasteiger partial charge in [-0.1, -0.05) is 29.8 Å². The summed E-state index contributed by atoms with van der Waals surface area (Å²) >= 11 is 5.91. The summed E-state index contributed by atoms with van der Waals surface area (Å²) in [5.74, 6) is -0.290. The summed E-state index contributed by atoms with van der Waals surface area (Å²) in [5.41, 5.74) is 2.89. The van der Waals surface area contributed by atoms with Gasteiger partial charge in [-0.3, -0.25) is 0 Å². The largest absolute Gasteiger partial charge is 0.309 e. The maximum atomic E-state index is 13.6. The predicted octanol–water partition coefficient (Wildman–Crippen LogP) is 3.63. The minimum Gasteiger partial charge on any atom is -0.309 e. The number of nitrogens with one attached hydrogen (secondary N) is 1. The van der Waals surface area contributed by atoms with Crippen LogP contribution in [-0.2, 0) is 16.3 Å². The Kier molecular flexibility index (Phi) is 3.90. The molecule has 24 heavy (non-hydrogen) atoms. The number of benzene rings is 2. The van der Waals surface area contributed by atoms with Crippen molar-refractivity contribution in [1.82, 2.24) is 5.32 Å². The summed E-state index contributed by atoms with van der Waals surface area (Å²) in [5, 5.41) is 3.59. The zero-order chi connectivity index (χ0) is 16.9. The van der Waals surface area contributed by atoms with Crippen molar-refractivity contribution >= 4 is 21.4 Å². The van der Waals surface area contributed by atoms with Crippen molar-refractivity contribution in [2.24, 2.45) is 0 Å². The van der Waals surface area contributed by atoms with Gasteiger partial charge in [0.15, 0.2) is 9.84 Å². The molecule has 1 N–H and O–H groups in total. The zero-order valence-corrected chi connectivity index (χ0v) is 14.5. The standard InChI is InChI=1S/C18H17ClFNO2S/c19-15-8-14-11(7-16(15)20)5-6-17(14)21-9-12-10-24(22,23)18-4-2-1-3-13(12)18/h1-4,7-8,12,17,21H,5-6,9-10H2. The van der Waals surface area contributed by atoms with Gasteiger partial charge in [0, 0.05) is 18.5 Å². The van der Waals surface area contributed by atoms with Crippen LogP contribution in [0.25, 0.3) is 0 Å². The van der Waals surface area contributed by atoms with Crippen molar-refractivity contribution in [3.05, 3.63) is 63.9 Å². The molecule has 1 heterocycles. The summed E-state index contributed by atoms with van der Waals surface area (Å²) in [6, 6.07) is 10.5. The number of hydrogen-bond donors (Lipinski definition) is 1. The first-order valence-corrected chi connectivity index (χ1v) is 10.0. The minimum atomic E-state index is -3.18. The molecule has 4 rings (SSSR count). The Balaban J connectivity index is 1.53. The molecule has 0 fully saturated rings. The van der Waals surface area contributed by atoms with Crippen LogP contribution in [0.4, 0.5) is 4.39 Å². The lowest BCUT2D eigenvalue weighted by atomic mass is 10.0. The molecule has 2 aromatic carbocycles. The lowest BCUT2D eigenvalue weighted by Gasteiger charge is -2.18. The van der Waals surface area contributed by atoms with Crippen LogP contribution in [0, 0.1) is 5.82 Å². The molecule has 0 saturated carbocycles. The quantitative estimate of drug-likeness (QED) is 0.903. The molecule has 2 unspecified atom stereocenters. The first-order valence-electron chi connectivity index (χ1n) is 7.98. The van der Waals surface area contributed by atoms with E-state index in [1.54, 1.807) is 18.2 Å².